The SMILES string of the molecule is CC.CCNC(CO)CC1CCCC1. The van der Waals surface area contributed by atoms with Gasteiger partial charge in [-0.3, -0.25) is 0 Å². The van der Waals surface area contributed by atoms with Crippen molar-refractivity contribution >= 4 is 0 Å². The largest absolute Gasteiger partial charge is 0.395 e. The second-order valence-corrected chi connectivity index (χ2v) is 3.82. The topological polar surface area (TPSA) is 32.3 Å². The first-order chi connectivity index (χ1) is 6.86. The number of hydrogen-bond acceptors (Lipinski definition) is 2. The van der Waals surface area contributed by atoms with E-state index in [1.807, 2.05) is 13.8 Å². The number of nitrogens with one attached hydrogen (secondary N) is 1. The van der Waals surface area contributed by atoms with Crippen molar-refractivity contribution in [2.24, 2.45) is 5.92 Å². The van der Waals surface area contributed by atoms with Crippen molar-refractivity contribution in [2.45, 2.75) is 58.9 Å². The van der Waals surface area contributed by atoms with E-state index in [-0.39, 0.29) is 0 Å². The van der Waals surface area contributed by atoms with E-state index in [0.29, 0.717) is 12.6 Å². The summed E-state index contributed by atoms with van der Waals surface area (Å²) in [5, 5.41) is 12.4. The number of hydrogen-bond donors (Lipinski definition) is 2. The van der Waals surface area contributed by atoms with Gasteiger partial charge in [0.25, 0.3) is 0 Å². The van der Waals surface area contributed by atoms with Gasteiger partial charge in [0, 0.05) is 6.04 Å². The summed E-state index contributed by atoms with van der Waals surface area (Å²) in [6.07, 6.45) is 6.72. The van der Waals surface area contributed by atoms with Gasteiger partial charge in [0.15, 0.2) is 0 Å². The Bertz CT molecular complexity index is 111. The summed E-state index contributed by atoms with van der Waals surface area (Å²) in [6.45, 7) is 7.36. The van der Waals surface area contributed by atoms with Crippen LogP contribution in [0.2, 0.25) is 0 Å². The molecule has 86 valence electrons. The first-order valence-electron chi connectivity index (χ1n) is 6.21. The van der Waals surface area contributed by atoms with E-state index in [2.05, 4.69) is 12.2 Å². The molecule has 0 aromatic carbocycles. The Morgan fingerprint density at radius 3 is 2.29 bits per heavy atom. The maximum absolute atomic E-state index is 9.05. The smallest absolute Gasteiger partial charge is 0.0584 e. The van der Waals surface area contributed by atoms with Crippen LogP contribution in [-0.2, 0) is 0 Å². The van der Waals surface area contributed by atoms with Gasteiger partial charge in [-0.05, 0) is 18.9 Å². The predicted molar refractivity (Wildman–Crippen MR) is 62.5 cm³/mol. The highest BCUT2D eigenvalue weighted by Gasteiger charge is 2.18. The average Bonchev–Trinajstić information content (AvgIpc) is 2.73. The summed E-state index contributed by atoms with van der Waals surface area (Å²) in [5.74, 6) is 0.876. The molecule has 0 radical (unpaired) electrons. The number of rotatable bonds is 5. The van der Waals surface area contributed by atoms with Crippen LogP contribution >= 0.6 is 0 Å². The molecule has 0 amide bonds. The zero-order valence-electron chi connectivity index (χ0n) is 10.1. The van der Waals surface area contributed by atoms with Crippen molar-refractivity contribution in [2.75, 3.05) is 13.2 Å². The molecule has 2 heteroatoms. The third-order valence-corrected chi connectivity index (χ3v) is 2.81. The Morgan fingerprint density at radius 2 is 1.86 bits per heavy atom. The lowest BCUT2D eigenvalue weighted by Crippen LogP contribution is -2.33. The van der Waals surface area contributed by atoms with E-state index in [0.717, 1.165) is 12.5 Å². The van der Waals surface area contributed by atoms with E-state index >= 15 is 0 Å². The lowest BCUT2D eigenvalue weighted by molar-refractivity contribution is 0.221. The molecule has 0 bridgehead atoms. The van der Waals surface area contributed by atoms with Crippen LogP contribution in [0.5, 0.6) is 0 Å². The van der Waals surface area contributed by atoms with Crippen LogP contribution in [0.1, 0.15) is 52.9 Å². The first kappa shape index (κ1) is 13.9. The Kier molecular flexibility index (Phi) is 9.42. The molecule has 1 saturated carbocycles. The molecule has 1 fully saturated rings. The van der Waals surface area contributed by atoms with Crippen LogP contribution in [0.15, 0.2) is 0 Å². The molecule has 1 aliphatic rings. The van der Waals surface area contributed by atoms with Crippen molar-refractivity contribution in [3.63, 3.8) is 0 Å². The Hall–Kier alpha value is -0.0800. The minimum Gasteiger partial charge on any atom is -0.395 e. The molecule has 2 N–H and O–H groups in total. The average molecular weight is 201 g/mol. The maximum atomic E-state index is 9.05. The fraction of sp³-hybridized carbons (Fsp3) is 1.00. The number of aliphatic hydroxyl groups excluding tert-OH is 1. The molecular formula is C12H27NO. The van der Waals surface area contributed by atoms with E-state index in [9.17, 15) is 0 Å². The van der Waals surface area contributed by atoms with Gasteiger partial charge in [0.05, 0.1) is 6.61 Å². The molecule has 1 unspecified atom stereocenters. The molecule has 1 rings (SSSR count). The van der Waals surface area contributed by atoms with Crippen molar-refractivity contribution < 1.29 is 5.11 Å². The molecule has 0 spiro atoms. The summed E-state index contributed by atoms with van der Waals surface area (Å²) >= 11 is 0. The normalized spacial score (nSPS) is 18.9. The standard InChI is InChI=1S/C10H21NO.C2H6/c1-2-11-10(8-12)7-9-5-3-4-6-9;1-2/h9-12H,2-8H2,1H3;1-2H3. The van der Waals surface area contributed by atoms with E-state index in [1.54, 1.807) is 0 Å². The molecular weight excluding hydrogens is 174 g/mol. The second-order valence-electron chi connectivity index (χ2n) is 3.82. The molecule has 0 heterocycles. The summed E-state index contributed by atoms with van der Waals surface area (Å²) in [5.41, 5.74) is 0. The fourth-order valence-electron chi connectivity index (χ4n) is 2.16. The highest BCUT2D eigenvalue weighted by molar-refractivity contribution is 4.74. The van der Waals surface area contributed by atoms with E-state index in [4.69, 9.17) is 5.11 Å². The second kappa shape index (κ2) is 9.47. The molecule has 14 heavy (non-hydrogen) atoms. The molecule has 0 aromatic rings. The van der Waals surface area contributed by atoms with Gasteiger partial charge in [-0.15, -0.1) is 0 Å². The van der Waals surface area contributed by atoms with E-state index in [1.165, 1.54) is 32.1 Å². The summed E-state index contributed by atoms with van der Waals surface area (Å²) in [7, 11) is 0. The van der Waals surface area contributed by atoms with Crippen LogP contribution in [0.25, 0.3) is 0 Å². The van der Waals surface area contributed by atoms with Gasteiger partial charge in [-0.2, -0.15) is 0 Å². The maximum Gasteiger partial charge on any atom is 0.0584 e. The van der Waals surface area contributed by atoms with Crippen LogP contribution in [0.3, 0.4) is 0 Å². The van der Waals surface area contributed by atoms with Crippen LogP contribution in [0, 0.1) is 5.92 Å². The van der Waals surface area contributed by atoms with Gasteiger partial charge in [-0.25, -0.2) is 0 Å². The first-order valence-corrected chi connectivity index (χ1v) is 6.21. The number of aliphatic hydroxyl groups is 1. The highest BCUT2D eigenvalue weighted by atomic mass is 16.3. The summed E-state index contributed by atoms with van der Waals surface area (Å²) in [4.78, 5) is 0. The van der Waals surface area contributed by atoms with Crippen molar-refractivity contribution in [3.05, 3.63) is 0 Å². The molecule has 0 aromatic heterocycles. The lowest BCUT2D eigenvalue weighted by Gasteiger charge is -2.18. The van der Waals surface area contributed by atoms with Crippen LogP contribution in [0.4, 0.5) is 0 Å². The monoisotopic (exact) mass is 201 g/mol. The quantitative estimate of drug-likeness (QED) is 0.716. The molecule has 1 atom stereocenters. The Labute approximate surface area is 89.1 Å². The zero-order valence-corrected chi connectivity index (χ0v) is 10.1. The molecule has 0 aliphatic heterocycles. The third-order valence-electron chi connectivity index (χ3n) is 2.81. The number of likely N-dealkylation sites (N-methyl/N-ethyl adjacent to an activating group) is 1. The third kappa shape index (κ3) is 5.61. The fourth-order valence-corrected chi connectivity index (χ4v) is 2.16. The minimum absolute atomic E-state index is 0.296. The summed E-state index contributed by atoms with van der Waals surface area (Å²) < 4.78 is 0. The van der Waals surface area contributed by atoms with Crippen LogP contribution < -0.4 is 5.32 Å². The van der Waals surface area contributed by atoms with Gasteiger partial charge in [0.2, 0.25) is 0 Å². The minimum atomic E-state index is 0.296. The van der Waals surface area contributed by atoms with E-state index < -0.39 is 0 Å². The van der Waals surface area contributed by atoms with Crippen molar-refractivity contribution in [3.8, 4) is 0 Å². The Balaban J connectivity index is 0.000000791. The van der Waals surface area contributed by atoms with Gasteiger partial charge < -0.3 is 10.4 Å². The van der Waals surface area contributed by atoms with Crippen molar-refractivity contribution in [1.29, 1.82) is 0 Å². The van der Waals surface area contributed by atoms with Crippen LogP contribution in [-0.4, -0.2) is 24.3 Å². The summed E-state index contributed by atoms with van der Waals surface area (Å²) in [6, 6.07) is 0.345. The zero-order chi connectivity index (χ0) is 10.8. The molecule has 2 nitrogen and oxygen atoms in total. The molecule has 0 saturated heterocycles. The molecule has 1 aliphatic carbocycles. The lowest BCUT2D eigenvalue weighted by atomic mass is 9.99. The predicted octanol–water partition coefficient (Wildman–Crippen LogP) is 2.56. The highest BCUT2D eigenvalue weighted by Crippen LogP contribution is 2.28. The van der Waals surface area contributed by atoms with Gasteiger partial charge >= 0.3 is 0 Å². The van der Waals surface area contributed by atoms with Gasteiger partial charge in [-0.1, -0.05) is 46.5 Å². The van der Waals surface area contributed by atoms with Crippen molar-refractivity contribution in [1.82, 2.24) is 5.32 Å². The van der Waals surface area contributed by atoms with Gasteiger partial charge in [0.1, 0.15) is 0 Å². The Morgan fingerprint density at radius 1 is 1.29 bits per heavy atom.